The third kappa shape index (κ3) is 4.92. The zero-order valence-corrected chi connectivity index (χ0v) is 19.8. The minimum atomic E-state index is -1.20. The summed E-state index contributed by atoms with van der Waals surface area (Å²) in [6.07, 6.45) is 3.20. The van der Waals surface area contributed by atoms with Crippen molar-refractivity contribution in [2.75, 3.05) is 5.32 Å². The number of amides is 1. The summed E-state index contributed by atoms with van der Waals surface area (Å²) in [7, 11) is 0. The number of carboxylic acids is 1. The minimum Gasteiger partial charge on any atom is -0.478 e. The number of carboxylic acid groups (broad SMARTS) is 1. The van der Waals surface area contributed by atoms with Crippen LogP contribution in [0.15, 0.2) is 58.7 Å². The summed E-state index contributed by atoms with van der Waals surface area (Å²) in [6.45, 7) is 3.80. The largest absolute Gasteiger partial charge is 0.478 e. The lowest BCUT2D eigenvalue weighted by atomic mass is 10.1. The van der Waals surface area contributed by atoms with Crippen LogP contribution >= 0.6 is 11.3 Å². The van der Waals surface area contributed by atoms with Crippen LogP contribution in [0.3, 0.4) is 0 Å². The van der Waals surface area contributed by atoms with Crippen molar-refractivity contribution >= 4 is 39.1 Å². The molecule has 1 amide bonds. The first kappa shape index (κ1) is 23.4. The fraction of sp³-hybridized carbons (Fsp3) is 0.231. The fourth-order valence-corrected chi connectivity index (χ4v) is 4.63. The van der Waals surface area contributed by atoms with Crippen LogP contribution in [-0.4, -0.2) is 26.5 Å². The Morgan fingerprint density at radius 3 is 2.44 bits per heavy atom. The van der Waals surface area contributed by atoms with Crippen molar-refractivity contribution < 1.29 is 14.7 Å². The molecular weight excluding hydrogens is 450 g/mol. The molecular formula is C26H25N3O4S. The molecule has 0 radical (unpaired) electrons. The second-order valence-electron chi connectivity index (χ2n) is 8.18. The molecule has 0 fully saturated rings. The second kappa shape index (κ2) is 10.0. The molecule has 34 heavy (non-hydrogen) atoms. The van der Waals surface area contributed by atoms with Crippen LogP contribution in [0.1, 0.15) is 41.3 Å². The highest BCUT2D eigenvalue weighted by Gasteiger charge is 2.21. The number of fused-ring (bicyclic) bond motifs is 1. The Bertz CT molecular complexity index is 1400. The molecule has 0 atom stereocenters. The number of hydrogen-bond acceptors (Lipinski definition) is 5. The number of aryl methyl sites for hydroxylation is 2. The van der Waals surface area contributed by atoms with Gasteiger partial charge in [-0.15, -0.1) is 11.3 Å². The third-order valence-electron chi connectivity index (χ3n) is 5.59. The normalized spacial score (nSPS) is 11.0. The maximum Gasteiger partial charge on any atom is 0.337 e. The molecule has 0 saturated carbocycles. The van der Waals surface area contributed by atoms with Gasteiger partial charge >= 0.3 is 5.97 Å². The van der Waals surface area contributed by atoms with Crippen LogP contribution < -0.4 is 10.9 Å². The van der Waals surface area contributed by atoms with Crippen molar-refractivity contribution in [3.05, 3.63) is 81.0 Å². The summed E-state index contributed by atoms with van der Waals surface area (Å²) < 4.78 is 1.25. The number of unbranched alkanes of at least 4 members (excludes halogenated alkanes) is 1. The maximum atomic E-state index is 13.4. The highest BCUT2D eigenvalue weighted by Crippen LogP contribution is 2.26. The van der Waals surface area contributed by atoms with Crippen LogP contribution in [0, 0.1) is 6.92 Å². The van der Waals surface area contributed by atoms with E-state index >= 15 is 0 Å². The van der Waals surface area contributed by atoms with E-state index in [9.17, 15) is 19.5 Å². The zero-order chi connectivity index (χ0) is 24.2. The average Bonchev–Trinajstić information content (AvgIpc) is 3.26. The first-order valence-electron chi connectivity index (χ1n) is 11.1. The molecule has 2 aromatic heterocycles. The fourth-order valence-electron chi connectivity index (χ4n) is 3.73. The Morgan fingerprint density at radius 1 is 1.09 bits per heavy atom. The topological polar surface area (TPSA) is 101 Å². The molecule has 8 heteroatoms. The quantitative estimate of drug-likeness (QED) is 0.369. The molecule has 0 spiro atoms. The summed E-state index contributed by atoms with van der Waals surface area (Å²) in [5.74, 6) is -1.28. The summed E-state index contributed by atoms with van der Waals surface area (Å²) in [6, 6.07) is 15.1. The van der Waals surface area contributed by atoms with E-state index in [1.54, 1.807) is 0 Å². The lowest BCUT2D eigenvalue weighted by molar-refractivity contribution is -0.116. The standard InChI is InChI=1S/C26H25N3O4S/c1-3-4-5-17-8-12-19(13-9-17)27-21(30)14-29-23(18-10-6-16(2)7-11-18)28-24-22(25(29)31)20(15-34-24)26(32)33/h6-13,15H,3-5,14H2,1-2H3,(H,27,30)(H,32,33). The van der Waals surface area contributed by atoms with E-state index in [2.05, 4.69) is 17.2 Å². The molecule has 174 valence electrons. The van der Waals surface area contributed by atoms with E-state index in [0.717, 1.165) is 36.2 Å². The first-order chi connectivity index (χ1) is 16.4. The van der Waals surface area contributed by atoms with Gasteiger partial charge in [-0.2, -0.15) is 0 Å². The van der Waals surface area contributed by atoms with Gasteiger partial charge in [0.15, 0.2) is 0 Å². The molecule has 0 aliphatic heterocycles. The molecule has 7 nitrogen and oxygen atoms in total. The van der Waals surface area contributed by atoms with Crippen molar-refractivity contribution in [1.29, 1.82) is 0 Å². The SMILES string of the molecule is CCCCc1ccc(NC(=O)Cn2c(-c3ccc(C)cc3)nc3scc(C(=O)O)c3c2=O)cc1. The van der Waals surface area contributed by atoms with E-state index < -0.39 is 17.4 Å². The van der Waals surface area contributed by atoms with Crippen molar-refractivity contribution in [3.8, 4) is 11.4 Å². The lowest BCUT2D eigenvalue weighted by Crippen LogP contribution is -2.30. The van der Waals surface area contributed by atoms with E-state index in [1.807, 2.05) is 55.5 Å². The Labute approximate surface area is 200 Å². The van der Waals surface area contributed by atoms with Gasteiger partial charge in [0.05, 0.1) is 10.9 Å². The van der Waals surface area contributed by atoms with Gasteiger partial charge in [-0.05, 0) is 37.5 Å². The number of aromatic nitrogens is 2. The number of carbonyl (C=O) groups is 2. The zero-order valence-electron chi connectivity index (χ0n) is 19.0. The van der Waals surface area contributed by atoms with Crippen LogP contribution in [-0.2, 0) is 17.8 Å². The maximum absolute atomic E-state index is 13.4. The number of anilines is 1. The minimum absolute atomic E-state index is 0.0152. The van der Waals surface area contributed by atoms with Crippen LogP contribution in [0.5, 0.6) is 0 Å². The summed E-state index contributed by atoms with van der Waals surface area (Å²) in [5.41, 5.74) is 2.89. The van der Waals surface area contributed by atoms with Gasteiger partial charge in [-0.1, -0.05) is 55.3 Å². The smallest absolute Gasteiger partial charge is 0.337 e. The molecule has 4 rings (SSSR count). The molecule has 2 heterocycles. The molecule has 0 saturated heterocycles. The van der Waals surface area contributed by atoms with Crippen molar-refractivity contribution in [3.63, 3.8) is 0 Å². The highest BCUT2D eigenvalue weighted by molar-refractivity contribution is 7.17. The van der Waals surface area contributed by atoms with Crippen LogP contribution in [0.4, 0.5) is 5.69 Å². The van der Waals surface area contributed by atoms with Crippen molar-refractivity contribution in [2.24, 2.45) is 0 Å². The lowest BCUT2D eigenvalue weighted by Gasteiger charge is -2.13. The Balaban J connectivity index is 1.70. The van der Waals surface area contributed by atoms with Crippen molar-refractivity contribution in [1.82, 2.24) is 9.55 Å². The van der Waals surface area contributed by atoms with Gasteiger partial charge in [0.25, 0.3) is 5.56 Å². The number of aromatic carboxylic acids is 1. The van der Waals surface area contributed by atoms with E-state index in [-0.39, 0.29) is 17.5 Å². The molecule has 0 aliphatic rings. The molecule has 2 N–H and O–H groups in total. The van der Waals surface area contributed by atoms with Crippen LogP contribution in [0.2, 0.25) is 0 Å². The molecule has 0 aliphatic carbocycles. The van der Waals surface area contributed by atoms with E-state index in [0.29, 0.717) is 21.9 Å². The Kier molecular flexibility index (Phi) is 6.88. The summed E-state index contributed by atoms with van der Waals surface area (Å²) in [5, 5.41) is 13.8. The third-order valence-corrected chi connectivity index (χ3v) is 6.46. The number of benzene rings is 2. The number of nitrogens with one attached hydrogen (secondary N) is 1. The number of carbonyl (C=O) groups excluding carboxylic acids is 1. The number of thiophene rings is 1. The predicted molar refractivity (Wildman–Crippen MR) is 135 cm³/mol. The van der Waals surface area contributed by atoms with Gasteiger partial charge in [0.1, 0.15) is 17.2 Å². The van der Waals surface area contributed by atoms with Crippen LogP contribution in [0.25, 0.3) is 21.6 Å². The second-order valence-corrected chi connectivity index (χ2v) is 9.03. The Hall–Kier alpha value is -3.78. The average molecular weight is 476 g/mol. The monoisotopic (exact) mass is 475 g/mol. The summed E-state index contributed by atoms with van der Waals surface area (Å²) >= 11 is 1.10. The molecule has 0 bridgehead atoms. The van der Waals surface area contributed by atoms with E-state index in [4.69, 9.17) is 0 Å². The van der Waals surface area contributed by atoms with Gasteiger partial charge in [-0.3, -0.25) is 14.2 Å². The number of hydrogen-bond donors (Lipinski definition) is 2. The van der Waals surface area contributed by atoms with Crippen molar-refractivity contribution in [2.45, 2.75) is 39.7 Å². The number of nitrogens with zero attached hydrogens (tertiary/aromatic N) is 2. The predicted octanol–water partition coefficient (Wildman–Crippen LogP) is 5.11. The van der Waals surface area contributed by atoms with E-state index in [1.165, 1.54) is 15.5 Å². The highest BCUT2D eigenvalue weighted by atomic mass is 32.1. The Morgan fingerprint density at radius 2 is 1.79 bits per heavy atom. The molecule has 0 unspecified atom stereocenters. The number of rotatable bonds is 8. The first-order valence-corrected chi connectivity index (χ1v) is 12.0. The molecule has 4 aromatic rings. The van der Waals surface area contributed by atoms with Gasteiger partial charge in [0.2, 0.25) is 5.91 Å². The van der Waals surface area contributed by atoms with Gasteiger partial charge in [-0.25, -0.2) is 9.78 Å². The van der Waals surface area contributed by atoms with Gasteiger partial charge in [0, 0.05) is 16.6 Å². The summed E-state index contributed by atoms with van der Waals surface area (Å²) in [4.78, 5) is 42.9. The van der Waals surface area contributed by atoms with Gasteiger partial charge < -0.3 is 10.4 Å². The molecule has 2 aromatic carbocycles.